The van der Waals surface area contributed by atoms with E-state index in [4.69, 9.17) is 23.2 Å². The third-order valence-electron chi connectivity index (χ3n) is 1.76. The fourth-order valence-corrected chi connectivity index (χ4v) is 2.06. The zero-order chi connectivity index (χ0) is 12.5. The summed E-state index contributed by atoms with van der Waals surface area (Å²) in [6.07, 6.45) is -4.69. The summed E-state index contributed by atoms with van der Waals surface area (Å²) in [5.74, 6) is -0.725. The summed E-state index contributed by atoms with van der Waals surface area (Å²) in [4.78, 5) is 11.3. The van der Waals surface area contributed by atoms with Crippen molar-refractivity contribution in [2.45, 2.75) is 6.18 Å². The lowest BCUT2D eigenvalue weighted by Crippen LogP contribution is -2.14. The molecule has 0 amide bonds. The normalized spacial score (nSPS) is 11.6. The summed E-state index contributed by atoms with van der Waals surface area (Å²) in [6, 6.07) is 1.91. The monoisotopic (exact) mass is 334 g/mol. The molecule has 0 fully saturated rings. The van der Waals surface area contributed by atoms with Gasteiger partial charge in [0.15, 0.2) is 5.78 Å². The molecule has 16 heavy (non-hydrogen) atoms. The van der Waals surface area contributed by atoms with Crippen molar-refractivity contribution in [3.8, 4) is 0 Å². The smallest absolute Gasteiger partial charge is 0.293 e. The maximum absolute atomic E-state index is 12.6. The molecule has 88 valence electrons. The van der Waals surface area contributed by atoms with Crippen LogP contribution >= 0.6 is 39.1 Å². The van der Waals surface area contributed by atoms with Gasteiger partial charge in [-0.2, -0.15) is 13.2 Å². The molecule has 1 aromatic carbocycles. The maximum atomic E-state index is 12.6. The molecule has 0 atom stereocenters. The summed E-state index contributed by atoms with van der Waals surface area (Å²) in [5.41, 5.74) is -1.68. The Kier molecular flexibility index (Phi) is 4.26. The Labute approximate surface area is 108 Å². The molecule has 1 rings (SSSR count). The first-order chi connectivity index (χ1) is 7.27. The van der Waals surface area contributed by atoms with E-state index in [1.165, 1.54) is 0 Å². The van der Waals surface area contributed by atoms with Crippen LogP contribution in [0.2, 0.25) is 10.0 Å². The number of rotatable bonds is 2. The van der Waals surface area contributed by atoms with Crippen molar-refractivity contribution in [3.05, 3.63) is 33.3 Å². The number of ketones is 1. The van der Waals surface area contributed by atoms with E-state index in [9.17, 15) is 18.0 Å². The van der Waals surface area contributed by atoms with Gasteiger partial charge in [0.25, 0.3) is 0 Å². The van der Waals surface area contributed by atoms with Gasteiger partial charge in [0.1, 0.15) is 0 Å². The quantitative estimate of drug-likeness (QED) is 0.570. The molecule has 0 aliphatic carbocycles. The van der Waals surface area contributed by atoms with Gasteiger partial charge in [-0.15, -0.1) is 0 Å². The summed E-state index contributed by atoms with van der Waals surface area (Å²) in [6.45, 7) is 0. The summed E-state index contributed by atoms with van der Waals surface area (Å²) < 4.78 is 37.9. The Bertz CT molecular complexity index is 431. The molecule has 0 N–H and O–H groups in total. The third kappa shape index (κ3) is 2.90. The van der Waals surface area contributed by atoms with Crippen LogP contribution in [-0.2, 0) is 6.18 Å². The van der Waals surface area contributed by atoms with E-state index in [0.717, 1.165) is 12.1 Å². The van der Waals surface area contributed by atoms with Crippen molar-refractivity contribution in [3.63, 3.8) is 0 Å². The fraction of sp³-hybridized carbons (Fsp3) is 0.222. The van der Waals surface area contributed by atoms with Crippen LogP contribution in [0, 0.1) is 0 Å². The lowest BCUT2D eigenvalue weighted by Gasteiger charge is -2.13. The van der Waals surface area contributed by atoms with E-state index in [-0.39, 0.29) is 10.4 Å². The summed E-state index contributed by atoms with van der Waals surface area (Å²) in [5, 5.41) is -0.821. The third-order valence-corrected chi connectivity index (χ3v) is 2.79. The molecule has 7 heteroatoms. The van der Waals surface area contributed by atoms with E-state index in [2.05, 4.69) is 15.9 Å². The van der Waals surface area contributed by atoms with Gasteiger partial charge >= 0.3 is 6.18 Å². The van der Waals surface area contributed by atoms with Crippen LogP contribution < -0.4 is 0 Å². The first kappa shape index (κ1) is 13.8. The molecule has 0 saturated carbocycles. The lowest BCUT2D eigenvalue weighted by atomic mass is 10.0. The van der Waals surface area contributed by atoms with Gasteiger partial charge in [-0.1, -0.05) is 39.1 Å². The van der Waals surface area contributed by atoms with Crippen molar-refractivity contribution < 1.29 is 18.0 Å². The minimum atomic E-state index is -4.69. The van der Waals surface area contributed by atoms with E-state index in [0.29, 0.717) is 0 Å². The number of hydrogen-bond donors (Lipinski definition) is 0. The second-order valence-electron chi connectivity index (χ2n) is 2.86. The Balaban J connectivity index is 3.51. The van der Waals surface area contributed by atoms with Crippen molar-refractivity contribution in [2.24, 2.45) is 0 Å². The predicted molar refractivity (Wildman–Crippen MR) is 59.6 cm³/mol. The Morgan fingerprint density at radius 1 is 1.31 bits per heavy atom. The van der Waals surface area contributed by atoms with Crippen LogP contribution in [-0.4, -0.2) is 11.1 Å². The van der Waals surface area contributed by atoms with Gasteiger partial charge in [-0.25, -0.2) is 0 Å². The van der Waals surface area contributed by atoms with E-state index >= 15 is 0 Å². The molecular weight excluding hydrogens is 332 g/mol. The number of benzene rings is 1. The van der Waals surface area contributed by atoms with Crippen molar-refractivity contribution in [1.29, 1.82) is 0 Å². The Morgan fingerprint density at radius 3 is 2.31 bits per heavy atom. The van der Waals surface area contributed by atoms with Crippen molar-refractivity contribution >= 4 is 44.9 Å². The van der Waals surface area contributed by atoms with Gasteiger partial charge in [-0.05, 0) is 12.1 Å². The molecule has 0 radical (unpaired) electrons. The van der Waals surface area contributed by atoms with Crippen LogP contribution in [0.15, 0.2) is 12.1 Å². The van der Waals surface area contributed by atoms with Crippen LogP contribution in [0.4, 0.5) is 13.2 Å². The number of carbonyl (C=O) groups is 1. The first-order valence-corrected chi connectivity index (χ1v) is 5.80. The minimum absolute atomic E-state index is 0.0118. The molecule has 0 unspecified atom stereocenters. The van der Waals surface area contributed by atoms with Crippen molar-refractivity contribution in [1.82, 2.24) is 0 Å². The maximum Gasteiger partial charge on any atom is 0.418 e. The lowest BCUT2D eigenvalue weighted by molar-refractivity contribution is -0.137. The molecule has 1 aromatic rings. The van der Waals surface area contributed by atoms with Crippen molar-refractivity contribution in [2.75, 3.05) is 5.33 Å². The highest BCUT2D eigenvalue weighted by atomic mass is 79.9. The Morgan fingerprint density at radius 2 is 1.88 bits per heavy atom. The number of hydrogen-bond acceptors (Lipinski definition) is 1. The average Bonchev–Trinajstić information content (AvgIpc) is 2.12. The minimum Gasteiger partial charge on any atom is -0.293 e. The predicted octanol–water partition coefficient (Wildman–Crippen LogP) is 4.59. The standard InChI is InChI=1S/C9H4BrCl2F3O/c10-3-7(16)5-1-4(11)2-6(12)8(5)9(13,14)15/h1-2H,3H2. The second kappa shape index (κ2) is 4.94. The van der Waals surface area contributed by atoms with Gasteiger partial charge in [0.05, 0.1) is 15.9 Å². The van der Waals surface area contributed by atoms with E-state index in [1.54, 1.807) is 0 Å². The second-order valence-corrected chi connectivity index (χ2v) is 4.27. The van der Waals surface area contributed by atoms with Gasteiger partial charge in [0.2, 0.25) is 0 Å². The topological polar surface area (TPSA) is 17.1 Å². The number of alkyl halides is 4. The highest BCUT2D eigenvalue weighted by Crippen LogP contribution is 2.39. The zero-order valence-corrected chi connectivity index (χ0v) is 10.6. The first-order valence-electron chi connectivity index (χ1n) is 3.92. The zero-order valence-electron chi connectivity index (χ0n) is 7.54. The molecular formula is C9H4BrCl2F3O. The molecule has 0 spiro atoms. The van der Waals surface area contributed by atoms with E-state index < -0.39 is 28.1 Å². The highest BCUT2D eigenvalue weighted by Gasteiger charge is 2.37. The van der Waals surface area contributed by atoms with Crippen LogP contribution in [0.25, 0.3) is 0 Å². The number of carbonyl (C=O) groups excluding carboxylic acids is 1. The molecule has 0 aliphatic rings. The fourth-order valence-electron chi connectivity index (χ4n) is 1.15. The molecule has 0 saturated heterocycles. The molecule has 0 aromatic heterocycles. The summed E-state index contributed by atoms with van der Waals surface area (Å²) in [7, 11) is 0. The van der Waals surface area contributed by atoms with Gasteiger partial charge < -0.3 is 0 Å². The molecule has 0 aliphatic heterocycles. The van der Waals surface area contributed by atoms with Crippen LogP contribution in [0.3, 0.4) is 0 Å². The number of Topliss-reactive ketones (excluding diaryl/α,β-unsaturated/α-hetero) is 1. The molecule has 0 bridgehead atoms. The van der Waals surface area contributed by atoms with Gasteiger partial charge in [-0.3, -0.25) is 4.79 Å². The average molecular weight is 336 g/mol. The van der Waals surface area contributed by atoms with E-state index in [1.807, 2.05) is 0 Å². The van der Waals surface area contributed by atoms with Gasteiger partial charge in [0, 0.05) is 10.6 Å². The molecule has 1 nitrogen and oxygen atoms in total. The largest absolute Gasteiger partial charge is 0.418 e. The summed E-state index contributed by atoms with van der Waals surface area (Å²) >= 11 is 13.8. The number of halogens is 6. The highest BCUT2D eigenvalue weighted by molar-refractivity contribution is 9.09. The van der Waals surface area contributed by atoms with Crippen LogP contribution in [0.5, 0.6) is 0 Å². The van der Waals surface area contributed by atoms with Crippen LogP contribution in [0.1, 0.15) is 15.9 Å². The SMILES string of the molecule is O=C(CBr)c1cc(Cl)cc(Cl)c1C(F)(F)F. The Hall–Kier alpha value is -0.260. The molecule has 0 heterocycles.